The van der Waals surface area contributed by atoms with E-state index in [0.717, 1.165) is 12.2 Å². The monoisotopic (exact) mass is 276 g/mol. The maximum atomic E-state index is 11.6. The summed E-state index contributed by atoms with van der Waals surface area (Å²) in [6.45, 7) is 3.26. The standard InChI is InChI=1S/C16H24N2O2/c1-16(8-4-3-5-9-16)11-18-12-6-7-14(17)13(10-12)15(19)20-2/h6-7,10,18H,3-5,8-9,11,17H2,1-2H3. The predicted molar refractivity (Wildman–Crippen MR) is 81.9 cm³/mol. The highest BCUT2D eigenvalue weighted by atomic mass is 16.5. The van der Waals surface area contributed by atoms with Crippen molar-refractivity contribution in [2.45, 2.75) is 39.0 Å². The molecule has 0 bridgehead atoms. The summed E-state index contributed by atoms with van der Waals surface area (Å²) in [5, 5.41) is 3.44. The fourth-order valence-electron chi connectivity index (χ4n) is 2.85. The number of nitrogens with two attached hydrogens (primary N) is 1. The molecule has 1 saturated carbocycles. The van der Waals surface area contributed by atoms with Crippen molar-refractivity contribution in [1.82, 2.24) is 0 Å². The summed E-state index contributed by atoms with van der Waals surface area (Å²) >= 11 is 0. The van der Waals surface area contributed by atoms with Gasteiger partial charge in [-0.25, -0.2) is 4.79 Å². The van der Waals surface area contributed by atoms with Crippen LogP contribution < -0.4 is 11.1 Å². The number of methoxy groups -OCH3 is 1. The van der Waals surface area contributed by atoms with Crippen LogP contribution in [0.4, 0.5) is 11.4 Å². The third-order valence-electron chi connectivity index (χ3n) is 4.24. The van der Waals surface area contributed by atoms with E-state index in [2.05, 4.69) is 12.2 Å². The second-order valence-corrected chi connectivity index (χ2v) is 6.02. The predicted octanol–water partition coefficient (Wildman–Crippen LogP) is 3.44. The highest BCUT2D eigenvalue weighted by Gasteiger charge is 2.26. The third-order valence-corrected chi connectivity index (χ3v) is 4.24. The summed E-state index contributed by atoms with van der Waals surface area (Å²) in [5.41, 5.74) is 7.95. The van der Waals surface area contributed by atoms with E-state index in [-0.39, 0.29) is 0 Å². The number of carbonyl (C=O) groups is 1. The van der Waals surface area contributed by atoms with Crippen molar-refractivity contribution < 1.29 is 9.53 Å². The number of anilines is 2. The van der Waals surface area contributed by atoms with Crippen LogP contribution in [0.1, 0.15) is 49.4 Å². The Morgan fingerprint density at radius 1 is 1.35 bits per heavy atom. The summed E-state index contributed by atoms with van der Waals surface area (Å²) < 4.78 is 4.74. The van der Waals surface area contributed by atoms with Crippen molar-refractivity contribution in [1.29, 1.82) is 0 Å². The topological polar surface area (TPSA) is 64.3 Å². The summed E-state index contributed by atoms with van der Waals surface area (Å²) in [5.74, 6) is -0.393. The van der Waals surface area contributed by atoms with E-state index in [1.54, 1.807) is 12.1 Å². The molecule has 0 amide bonds. The number of hydrogen-bond acceptors (Lipinski definition) is 4. The molecule has 110 valence electrons. The first-order valence-corrected chi connectivity index (χ1v) is 7.26. The molecule has 0 aliphatic heterocycles. The van der Waals surface area contributed by atoms with E-state index in [4.69, 9.17) is 10.5 Å². The van der Waals surface area contributed by atoms with Crippen LogP contribution >= 0.6 is 0 Å². The average molecular weight is 276 g/mol. The number of ether oxygens (including phenoxy) is 1. The minimum atomic E-state index is -0.393. The van der Waals surface area contributed by atoms with Crippen molar-refractivity contribution >= 4 is 17.3 Å². The summed E-state index contributed by atoms with van der Waals surface area (Å²) in [7, 11) is 1.37. The van der Waals surface area contributed by atoms with Gasteiger partial charge in [-0.1, -0.05) is 26.2 Å². The first kappa shape index (κ1) is 14.7. The molecule has 1 aromatic rings. The second kappa shape index (κ2) is 6.16. The molecule has 20 heavy (non-hydrogen) atoms. The lowest BCUT2D eigenvalue weighted by molar-refractivity contribution is 0.0602. The van der Waals surface area contributed by atoms with Gasteiger partial charge < -0.3 is 15.8 Å². The van der Waals surface area contributed by atoms with Crippen LogP contribution in [0.15, 0.2) is 18.2 Å². The molecule has 0 unspecified atom stereocenters. The Kier molecular flexibility index (Phi) is 4.53. The van der Waals surface area contributed by atoms with E-state index in [0.29, 0.717) is 16.7 Å². The molecule has 0 heterocycles. The van der Waals surface area contributed by atoms with E-state index in [9.17, 15) is 4.79 Å². The molecule has 1 fully saturated rings. The van der Waals surface area contributed by atoms with Crippen LogP contribution in [0.3, 0.4) is 0 Å². The SMILES string of the molecule is COC(=O)c1cc(NCC2(C)CCCCC2)ccc1N. The quantitative estimate of drug-likeness (QED) is 0.653. The number of benzene rings is 1. The highest BCUT2D eigenvalue weighted by molar-refractivity contribution is 5.96. The fourth-order valence-corrected chi connectivity index (χ4v) is 2.85. The van der Waals surface area contributed by atoms with Gasteiger partial charge in [-0.3, -0.25) is 0 Å². The Balaban J connectivity index is 2.04. The number of nitrogens with one attached hydrogen (secondary N) is 1. The van der Waals surface area contributed by atoms with Gasteiger partial charge in [-0.05, 0) is 36.5 Å². The van der Waals surface area contributed by atoms with E-state index in [1.165, 1.54) is 39.2 Å². The number of rotatable bonds is 4. The van der Waals surface area contributed by atoms with Crippen LogP contribution in [0, 0.1) is 5.41 Å². The molecule has 0 aromatic heterocycles. The van der Waals surface area contributed by atoms with Crippen molar-refractivity contribution in [2.75, 3.05) is 24.7 Å². The molecule has 1 aliphatic rings. The minimum absolute atomic E-state index is 0.352. The zero-order chi connectivity index (χ0) is 14.6. The second-order valence-electron chi connectivity index (χ2n) is 6.02. The van der Waals surface area contributed by atoms with Crippen molar-refractivity contribution in [3.8, 4) is 0 Å². The van der Waals surface area contributed by atoms with Crippen LogP contribution in [0.5, 0.6) is 0 Å². The molecule has 0 atom stereocenters. The number of carbonyl (C=O) groups excluding carboxylic acids is 1. The van der Waals surface area contributed by atoms with Gasteiger partial charge in [0, 0.05) is 17.9 Å². The molecule has 1 aromatic carbocycles. The van der Waals surface area contributed by atoms with Crippen LogP contribution in [0.2, 0.25) is 0 Å². The molecular formula is C16H24N2O2. The van der Waals surface area contributed by atoms with Gasteiger partial charge in [-0.15, -0.1) is 0 Å². The smallest absolute Gasteiger partial charge is 0.340 e. The maximum absolute atomic E-state index is 11.6. The van der Waals surface area contributed by atoms with Gasteiger partial charge in [0.1, 0.15) is 0 Å². The van der Waals surface area contributed by atoms with E-state index >= 15 is 0 Å². The first-order valence-electron chi connectivity index (χ1n) is 7.26. The van der Waals surface area contributed by atoms with Gasteiger partial charge in [0.25, 0.3) is 0 Å². The largest absolute Gasteiger partial charge is 0.465 e. The summed E-state index contributed by atoms with van der Waals surface area (Å²) in [6, 6.07) is 5.43. The van der Waals surface area contributed by atoms with E-state index < -0.39 is 5.97 Å². The number of hydrogen-bond donors (Lipinski definition) is 2. The lowest BCUT2D eigenvalue weighted by Gasteiger charge is -2.34. The van der Waals surface area contributed by atoms with Gasteiger partial charge in [0.2, 0.25) is 0 Å². The Bertz CT molecular complexity index is 479. The average Bonchev–Trinajstić information content (AvgIpc) is 2.46. The lowest BCUT2D eigenvalue weighted by Crippen LogP contribution is -2.28. The molecule has 1 aliphatic carbocycles. The molecule has 0 spiro atoms. The zero-order valence-electron chi connectivity index (χ0n) is 12.4. The molecule has 4 nitrogen and oxygen atoms in total. The van der Waals surface area contributed by atoms with Crippen molar-refractivity contribution in [2.24, 2.45) is 5.41 Å². The van der Waals surface area contributed by atoms with Gasteiger partial charge >= 0.3 is 5.97 Å². The van der Waals surface area contributed by atoms with Gasteiger partial charge in [-0.2, -0.15) is 0 Å². The van der Waals surface area contributed by atoms with E-state index in [1.807, 2.05) is 6.07 Å². The molecule has 3 N–H and O–H groups in total. The first-order chi connectivity index (χ1) is 9.54. The Morgan fingerprint density at radius 3 is 2.70 bits per heavy atom. The third kappa shape index (κ3) is 3.44. The molecule has 4 heteroatoms. The molecule has 0 radical (unpaired) electrons. The highest BCUT2D eigenvalue weighted by Crippen LogP contribution is 2.35. The van der Waals surface area contributed by atoms with Crippen LogP contribution in [0.25, 0.3) is 0 Å². The summed E-state index contributed by atoms with van der Waals surface area (Å²) in [6.07, 6.45) is 6.50. The Hall–Kier alpha value is -1.71. The lowest BCUT2D eigenvalue weighted by atomic mass is 9.76. The van der Waals surface area contributed by atoms with Crippen molar-refractivity contribution in [3.63, 3.8) is 0 Å². The number of nitrogen functional groups attached to an aromatic ring is 1. The normalized spacial score (nSPS) is 17.5. The molecule has 0 saturated heterocycles. The fraction of sp³-hybridized carbons (Fsp3) is 0.562. The molecule has 2 rings (SSSR count). The Labute approximate surface area is 120 Å². The maximum Gasteiger partial charge on any atom is 0.340 e. The van der Waals surface area contributed by atoms with Gasteiger partial charge in [0.15, 0.2) is 0 Å². The summed E-state index contributed by atoms with van der Waals surface area (Å²) in [4.78, 5) is 11.6. The zero-order valence-corrected chi connectivity index (χ0v) is 12.4. The number of esters is 1. The van der Waals surface area contributed by atoms with Crippen LogP contribution in [-0.2, 0) is 4.74 Å². The van der Waals surface area contributed by atoms with Crippen LogP contribution in [-0.4, -0.2) is 19.6 Å². The minimum Gasteiger partial charge on any atom is -0.465 e. The van der Waals surface area contributed by atoms with Gasteiger partial charge in [0.05, 0.1) is 12.7 Å². The van der Waals surface area contributed by atoms with Crippen molar-refractivity contribution in [3.05, 3.63) is 23.8 Å². The Morgan fingerprint density at radius 2 is 2.05 bits per heavy atom. The molecular weight excluding hydrogens is 252 g/mol.